The van der Waals surface area contributed by atoms with E-state index in [1.807, 2.05) is 29.4 Å². The standard InChI is InChI=1S/C44H53N11O4/c1-29-38(25-46-43-41(29)45-15-23-59-43)55-18-14-33-24-47-44(50-37(33)27-55)49-35-6-2-30(3-7-35)26-53-19-21-54(22-20-53)40(57)28-52-16-12-32(13-17-52)31-4-8-34(9-5-31)48-36-10-11-39(56)51-42(36)58/h2-9,24-25,32,36,45,48H,10-23,26-28H2,1H3,(H,47,49,50)(H,51,56,58). The fourth-order valence-corrected chi connectivity index (χ4v) is 8.93. The minimum Gasteiger partial charge on any atom is -0.474 e. The smallest absolute Gasteiger partial charge is 0.249 e. The van der Waals surface area contributed by atoms with Gasteiger partial charge in [-0.15, -0.1) is 0 Å². The Kier molecular flexibility index (Phi) is 11.3. The minimum absolute atomic E-state index is 0.210. The Morgan fingerprint density at radius 3 is 2.42 bits per heavy atom. The van der Waals surface area contributed by atoms with Gasteiger partial charge in [-0.05, 0) is 92.6 Å². The quantitative estimate of drug-likeness (QED) is 0.171. The number of pyridine rings is 1. The number of anilines is 5. The first-order valence-electron chi connectivity index (χ1n) is 21.1. The Morgan fingerprint density at radius 2 is 1.64 bits per heavy atom. The lowest BCUT2D eigenvalue weighted by atomic mass is 9.89. The molecule has 3 saturated heterocycles. The molecule has 308 valence electrons. The third-order valence-corrected chi connectivity index (χ3v) is 12.5. The van der Waals surface area contributed by atoms with Crippen LogP contribution in [0.4, 0.5) is 28.7 Å². The van der Waals surface area contributed by atoms with Crippen LogP contribution in [0, 0.1) is 6.92 Å². The molecule has 4 N–H and O–H groups in total. The van der Waals surface area contributed by atoms with E-state index in [1.165, 1.54) is 16.7 Å². The maximum atomic E-state index is 13.3. The highest BCUT2D eigenvalue weighted by atomic mass is 16.5. The summed E-state index contributed by atoms with van der Waals surface area (Å²) in [6.45, 7) is 11.4. The first-order valence-corrected chi connectivity index (χ1v) is 21.1. The fourth-order valence-electron chi connectivity index (χ4n) is 8.93. The number of fused-ring (bicyclic) bond motifs is 2. The number of piperidine rings is 2. The Labute approximate surface area is 344 Å². The van der Waals surface area contributed by atoms with Gasteiger partial charge in [-0.3, -0.25) is 29.5 Å². The summed E-state index contributed by atoms with van der Waals surface area (Å²) in [5, 5.41) is 12.5. The zero-order valence-electron chi connectivity index (χ0n) is 33.7. The lowest BCUT2D eigenvalue weighted by molar-refractivity contribution is -0.135. The van der Waals surface area contributed by atoms with Gasteiger partial charge >= 0.3 is 0 Å². The average molecular weight is 800 g/mol. The molecule has 5 aliphatic rings. The highest BCUT2D eigenvalue weighted by Gasteiger charge is 2.29. The third-order valence-electron chi connectivity index (χ3n) is 12.5. The SMILES string of the molecule is Cc1c(N2CCc3cnc(Nc4ccc(CN5CCN(C(=O)CN6CCC(c7ccc(NC8CCC(=O)NC8=O)cc7)CC6)CC5)cc4)nc3C2)cnc2c1NCCO2. The van der Waals surface area contributed by atoms with Crippen molar-refractivity contribution in [2.75, 3.05) is 86.4 Å². The van der Waals surface area contributed by atoms with Gasteiger partial charge in [-0.1, -0.05) is 24.3 Å². The van der Waals surface area contributed by atoms with Crippen LogP contribution in [0.3, 0.4) is 0 Å². The lowest BCUT2D eigenvalue weighted by Crippen LogP contribution is -2.51. The number of rotatable bonds is 10. The summed E-state index contributed by atoms with van der Waals surface area (Å²) in [6, 6.07) is 16.4. The van der Waals surface area contributed by atoms with Gasteiger partial charge in [0.15, 0.2) is 0 Å². The summed E-state index contributed by atoms with van der Waals surface area (Å²) in [5.41, 5.74) is 9.77. The first-order chi connectivity index (χ1) is 28.8. The summed E-state index contributed by atoms with van der Waals surface area (Å²) < 4.78 is 5.73. The molecule has 15 nitrogen and oxygen atoms in total. The molecule has 1 atom stereocenters. The molecule has 1 unspecified atom stereocenters. The van der Waals surface area contributed by atoms with E-state index in [2.05, 4.69) is 89.3 Å². The monoisotopic (exact) mass is 799 g/mol. The average Bonchev–Trinajstić information content (AvgIpc) is 3.26. The summed E-state index contributed by atoms with van der Waals surface area (Å²) in [4.78, 5) is 60.1. The summed E-state index contributed by atoms with van der Waals surface area (Å²) in [7, 11) is 0. The van der Waals surface area contributed by atoms with Crippen LogP contribution < -0.4 is 30.9 Å². The van der Waals surface area contributed by atoms with Crippen molar-refractivity contribution < 1.29 is 19.1 Å². The zero-order chi connectivity index (χ0) is 40.3. The van der Waals surface area contributed by atoms with Crippen LogP contribution >= 0.6 is 0 Å². The van der Waals surface area contributed by atoms with Gasteiger partial charge in [-0.2, -0.15) is 0 Å². The van der Waals surface area contributed by atoms with Crippen LogP contribution in [0.25, 0.3) is 0 Å². The molecule has 3 fully saturated rings. The molecule has 0 saturated carbocycles. The highest BCUT2D eigenvalue weighted by Crippen LogP contribution is 2.36. The van der Waals surface area contributed by atoms with Crippen molar-refractivity contribution in [3.8, 4) is 5.88 Å². The molecule has 5 aliphatic heterocycles. The Balaban J connectivity index is 0.699. The van der Waals surface area contributed by atoms with Gasteiger partial charge < -0.3 is 30.5 Å². The number of aromatic nitrogens is 3. The van der Waals surface area contributed by atoms with Crippen LogP contribution in [0.1, 0.15) is 59.5 Å². The molecule has 9 rings (SSSR count). The number of ether oxygens (including phenoxy) is 1. The number of benzene rings is 2. The molecule has 4 aromatic rings. The second kappa shape index (κ2) is 17.2. The molecule has 59 heavy (non-hydrogen) atoms. The van der Waals surface area contributed by atoms with Gasteiger partial charge in [0, 0.05) is 75.4 Å². The Bertz CT molecular complexity index is 2170. The maximum absolute atomic E-state index is 13.3. The summed E-state index contributed by atoms with van der Waals surface area (Å²) in [5.74, 6) is 1.46. The number of imide groups is 1. The van der Waals surface area contributed by atoms with E-state index in [9.17, 15) is 14.4 Å². The second-order valence-electron chi connectivity index (χ2n) is 16.4. The van der Waals surface area contributed by atoms with E-state index in [4.69, 9.17) is 9.72 Å². The molecular formula is C44H53N11O4. The predicted octanol–water partition coefficient (Wildman–Crippen LogP) is 4.03. The molecule has 15 heteroatoms. The number of hydrogen-bond donors (Lipinski definition) is 4. The van der Waals surface area contributed by atoms with Crippen molar-refractivity contribution in [3.63, 3.8) is 0 Å². The van der Waals surface area contributed by atoms with Gasteiger partial charge in [0.2, 0.25) is 29.5 Å². The minimum atomic E-state index is -0.385. The molecule has 0 radical (unpaired) electrons. The van der Waals surface area contributed by atoms with Gasteiger partial charge in [-0.25, -0.2) is 15.0 Å². The van der Waals surface area contributed by atoms with E-state index in [-0.39, 0.29) is 23.8 Å². The predicted molar refractivity (Wildman–Crippen MR) is 226 cm³/mol. The fraction of sp³-hybridized carbons (Fsp3) is 0.455. The number of likely N-dealkylation sites (tertiary alicyclic amines) is 1. The lowest BCUT2D eigenvalue weighted by Gasteiger charge is -2.37. The third kappa shape index (κ3) is 8.96. The molecule has 2 aromatic carbocycles. The van der Waals surface area contributed by atoms with E-state index < -0.39 is 0 Å². The number of carbonyl (C=O) groups is 3. The first kappa shape index (κ1) is 38.7. The molecule has 0 aliphatic carbocycles. The van der Waals surface area contributed by atoms with Crippen molar-refractivity contribution in [1.29, 1.82) is 0 Å². The van der Waals surface area contributed by atoms with E-state index in [1.54, 1.807) is 0 Å². The molecule has 3 amide bonds. The summed E-state index contributed by atoms with van der Waals surface area (Å²) in [6.07, 6.45) is 7.62. The van der Waals surface area contributed by atoms with Gasteiger partial charge in [0.1, 0.15) is 18.3 Å². The number of amides is 3. The Morgan fingerprint density at radius 1 is 0.864 bits per heavy atom. The van der Waals surface area contributed by atoms with Crippen molar-refractivity contribution in [2.45, 2.75) is 64.1 Å². The molecule has 0 spiro atoms. The topological polar surface area (TPSA) is 160 Å². The number of piperazine rings is 1. The van der Waals surface area contributed by atoms with Crippen molar-refractivity contribution in [1.82, 2.24) is 35.0 Å². The number of carbonyl (C=O) groups excluding carboxylic acids is 3. The molecule has 7 heterocycles. The Hall–Kier alpha value is -5.80. The number of nitrogens with zero attached hydrogens (tertiary/aromatic N) is 7. The van der Waals surface area contributed by atoms with Gasteiger partial charge in [0.05, 0.1) is 30.7 Å². The summed E-state index contributed by atoms with van der Waals surface area (Å²) >= 11 is 0. The van der Waals surface area contributed by atoms with E-state index in [0.29, 0.717) is 50.3 Å². The van der Waals surface area contributed by atoms with Crippen LogP contribution in [-0.4, -0.2) is 119 Å². The van der Waals surface area contributed by atoms with Crippen molar-refractivity contribution in [3.05, 3.63) is 88.9 Å². The number of nitrogens with one attached hydrogen (secondary N) is 4. The highest BCUT2D eigenvalue weighted by molar-refractivity contribution is 6.01. The molecule has 2 aromatic heterocycles. The van der Waals surface area contributed by atoms with Crippen LogP contribution in [0.5, 0.6) is 5.88 Å². The van der Waals surface area contributed by atoms with Crippen LogP contribution in [0.15, 0.2) is 60.9 Å². The number of hydrogen-bond acceptors (Lipinski definition) is 13. The second-order valence-corrected chi connectivity index (χ2v) is 16.4. The maximum Gasteiger partial charge on any atom is 0.249 e. The largest absolute Gasteiger partial charge is 0.474 e. The van der Waals surface area contributed by atoms with Crippen LogP contribution in [-0.2, 0) is 33.9 Å². The van der Waals surface area contributed by atoms with E-state index >= 15 is 0 Å². The van der Waals surface area contributed by atoms with Crippen LogP contribution in [0.2, 0.25) is 0 Å². The van der Waals surface area contributed by atoms with Crippen molar-refractivity contribution >= 4 is 46.4 Å². The molecular weight excluding hydrogens is 747 g/mol. The van der Waals surface area contributed by atoms with E-state index in [0.717, 1.165) is 112 Å². The van der Waals surface area contributed by atoms with Crippen molar-refractivity contribution in [2.24, 2.45) is 0 Å². The normalized spacial score (nSPS) is 20.2. The zero-order valence-corrected chi connectivity index (χ0v) is 33.7. The molecule has 0 bridgehead atoms. The van der Waals surface area contributed by atoms with Gasteiger partial charge in [0.25, 0.3) is 0 Å².